The summed E-state index contributed by atoms with van der Waals surface area (Å²) in [5.74, 6) is 1.60. The van der Waals surface area contributed by atoms with Gasteiger partial charge in [0, 0.05) is 5.56 Å². The number of ether oxygens (including phenoxy) is 1. The Hall–Kier alpha value is -2.99. The van der Waals surface area contributed by atoms with Crippen molar-refractivity contribution >= 4 is 28.4 Å². The van der Waals surface area contributed by atoms with Gasteiger partial charge < -0.3 is 4.74 Å². The molecule has 0 fully saturated rings. The minimum Gasteiger partial charge on any atom is -0.497 e. The quantitative estimate of drug-likeness (QED) is 0.565. The van der Waals surface area contributed by atoms with Crippen molar-refractivity contribution in [3.8, 4) is 17.1 Å². The first-order chi connectivity index (χ1) is 11.8. The molecule has 0 aliphatic heterocycles. The third-order valence-electron chi connectivity index (χ3n) is 3.57. The molecule has 0 N–H and O–H groups in total. The number of hydrogen-bond donors (Lipinski definition) is 0. The lowest BCUT2D eigenvalue weighted by molar-refractivity contribution is 0.415. The zero-order valence-electron chi connectivity index (χ0n) is 13.0. The lowest BCUT2D eigenvalue weighted by Crippen LogP contribution is -1.90. The van der Waals surface area contributed by atoms with Gasteiger partial charge in [0.1, 0.15) is 10.8 Å². The maximum Gasteiger partial charge on any atom is 0.235 e. The van der Waals surface area contributed by atoms with Crippen LogP contribution in [0.15, 0.2) is 54.6 Å². The van der Waals surface area contributed by atoms with Crippen LogP contribution in [0.25, 0.3) is 28.5 Å². The monoisotopic (exact) mass is 334 g/mol. The SMILES string of the molecule is COc1ccc(C=Cc2nn3c(-c4ccccc4)nnc3s2)cc1. The van der Waals surface area contributed by atoms with E-state index in [4.69, 9.17) is 4.74 Å². The summed E-state index contributed by atoms with van der Waals surface area (Å²) in [4.78, 5) is 0.781. The molecule has 0 spiro atoms. The Labute approximate surface area is 142 Å². The van der Waals surface area contributed by atoms with Crippen LogP contribution < -0.4 is 4.74 Å². The molecule has 118 valence electrons. The number of hydrogen-bond acceptors (Lipinski definition) is 5. The van der Waals surface area contributed by atoms with Gasteiger partial charge in [0.25, 0.3) is 0 Å². The highest BCUT2D eigenvalue weighted by molar-refractivity contribution is 7.17. The molecule has 0 saturated heterocycles. The Morgan fingerprint density at radius 1 is 0.958 bits per heavy atom. The summed E-state index contributed by atoms with van der Waals surface area (Å²) in [6.45, 7) is 0. The van der Waals surface area contributed by atoms with Crippen molar-refractivity contribution in [1.29, 1.82) is 0 Å². The average Bonchev–Trinajstić information content (AvgIpc) is 3.21. The van der Waals surface area contributed by atoms with Crippen LogP contribution in [0.2, 0.25) is 0 Å². The van der Waals surface area contributed by atoms with Gasteiger partial charge in [-0.2, -0.15) is 9.61 Å². The van der Waals surface area contributed by atoms with Crippen LogP contribution in [-0.4, -0.2) is 26.9 Å². The lowest BCUT2D eigenvalue weighted by atomic mass is 10.2. The van der Waals surface area contributed by atoms with E-state index in [0.29, 0.717) is 0 Å². The number of aromatic nitrogens is 4. The molecule has 6 heteroatoms. The molecular formula is C18H14N4OS. The largest absolute Gasteiger partial charge is 0.497 e. The molecule has 0 saturated carbocycles. The van der Waals surface area contributed by atoms with Gasteiger partial charge in [-0.25, -0.2) is 0 Å². The summed E-state index contributed by atoms with van der Waals surface area (Å²) in [6, 6.07) is 17.8. The summed E-state index contributed by atoms with van der Waals surface area (Å²) in [5.41, 5.74) is 2.09. The summed E-state index contributed by atoms with van der Waals surface area (Å²) in [5, 5.41) is 13.9. The Bertz CT molecular complexity index is 987. The van der Waals surface area contributed by atoms with Gasteiger partial charge >= 0.3 is 0 Å². The zero-order chi connectivity index (χ0) is 16.4. The molecular weight excluding hydrogens is 320 g/mol. The van der Waals surface area contributed by atoms with E-state index in [1.807, 2.05) is 66.7 Å². The second-order valence-corrected chi connectivity index (χ2v) is 6.12. The first-order valence-electron chi connectivity index (χ1n) is 7.43. The number of fused-ring (bicyclic) bond motifs is 1. The molecule has 2 heterocycles. The van der Waals surface area contributed by atoms with Crippen LogP contribution in [0.3, 0.4) is 0 Å². The number of rotatable bonds is 4. The van der Waals surface area contributed by atoms with E-state index in [1.54, 1.807) is 11.6 Å². The van der Waals surface area contributed by atoms with Crippen molar-refractivity contribution in [3.05, 3.63) is 65.2 Å². The van der Waals surface area contributed by atoms with Crippen molar-refractivity contribution in [2.45, 2.75) is 0 Å². The highest BCUT2D eigenvalue weighted by Crippen LogP contribution is 2.22. The molecule has 0 amide bonds. The molecule has 0 unspecified atom stereocenters. The lowest BCUT2D eigenvalue weighted by Gasteiger charge is -1.98. The molecule has 0 aliphatic rings. The van der Waals surface area contributed by atoms with Gasteiger partial charge in [0.2, 0.25) is 4.96 Å². The maximum absolute atomic E-state index is 5.16. The minimum absolute atomic E-state index is 0.756. The van der Waals surface area contributed by atoms with Crippen LogP contribution in [-0.2, 0) is 0 Å². The van der Waals surface area contributed by atoms with Crippen LogP contribution in [0, 0.1) is 0 Å². The Morgan fingerprint density at radius 2 is 1.75 bits per heavy atom. The first kappa shape index (κ1) is 14.6. The number of methoxy groups -OCH3 is 1. The second kappa shape index (κ2) is 6.25. The third kappa shape index (κ3) is 2.79. The van der Waals surface area contributed by atoms with Gasteiger partial charge in [0.15, 0.2) is 5.82 Å². The zero-order valence-corrected chi connectivity index (χ0v) is 13.8. The first-order valence-corrected chi connectivity index (χ1v) is 8.25. The van der Waals surface area contributed by atoms with E-state index in [-0.39, 0.29) is 0 Å². The second-order valence-electron chi connectivity index (χ2n) is 5.13. The topological polar surface area (TPSA) is 52.3 Å². The van der Waals surface area contributed by atoms with E-state index in [0.717, 1.165) is 32.7 Å². The standard InChI is InChI=1S/C18H14N4OS/c1-23-15-10-7-13(8-11-15)9-12-16-21-22-17(19-20-18(22)24-16)14-5-3-2-4-6-14/h2-12H,1H3. The van der Waals surface area contributed by atoms with E-state index < -0.39 is 0 Å². The van der Waals surface area contributed by atoms with Crippen molar-refractivity contribution in [3.63, 3.8) is 0 Å². The van der Waals surface area contributed by atoms with Crippen LogP contribution >= 0.6 is 11.3 Å². The van der Waals surface area contributed by atoms with Crippen molar-refractivity contribution in [2.24, 2.45) is 0 Å². The van der Waals surface area contributed by atoms with Crippen LogP contribution in [0.5, 0.6) is 5.75 Å². The van der Waals surface area contributed by atoms with Crippen LogP contribution in [0.4, 0.5) is 0 Å². The third-order valence-corrected chi connectivity index (χ3v) is 4.44. The fourth-order valence-electron chi connectivity index (χ4n) is 2.35. The Balaban J connectivity index is 1.63. The fraction of sp³-hybridized carbons (Fsp3) is 0.0556. The summed E-state index contributed by atoms with van der Waals surface area (Å²) in [7, 11) is 1.66. The Morgan fingerprint density at radius 3 is 2.50 bits per heavy atom. The molecule has 0 atom stereocenters. The predicted octanol–water partition coefficient (Wildman–Crippen LogP) is 4.03. The minimum atomic E-state index is 0.756. The summed E-state index contributed by atoms with van der Waals surface area (Å²) >= 11 is 1.51. The van der Waals surface area contributed by atoms with Crippen molar-refractivity contribution in [2.75, 3.05) is 7.11 Å². The van der Waals surface area contributed by atoms with Gasteiger partial charge in [-0.3, -0.25) is 0 Å². The highest BCUT2D eigenvalue weighted by atomic mass is 32.1. The predicted molar refractivity (Wildman–Crippen MR) is 96.0 cm³/mol. The molecule has 2 aromatic carbocycles. The Kier molecular flexibility index (Phi) is 3.80. The van der Waals surface area contributed by atoms with Crippen molar-refractivity contribution < 1.29 is 4.74 Å². The van der Waals surface area contributed by atoms with E-state index >= 15 is 0 Å². The molecule has 0 bridgehead atoms. The van der Waals surface area contributed by atoms with Gasteiger partial charge in [-0.05, 0) is 23.8 Å². The van der Waals surface area contributed by atoms with Gasteiger partial charge in [-0.1, -0.05) is 59.9 Å². The average molecular weight is 334 g/mol. The van der Waals surface area contributed by atoms with E-state index in [1.165, 1.54) is 11.3 Å². The van der Waals surface area contributed by atoms with Gasteiger partial charge in [-0.15, -0.1) is 10.2 Å². The van der Waals surface area contributed by atoms with Gasteiger partial charge in [0.05, 0.1) is 7.11 Å². The summed E-state index contributed by atoms with van der Waals surface area (Å²) in [6.07, 6.45) is 4.00. The molecule has 4 rings (SSSR count). The maximum atomic E-state index is 5.16. The van der Waals surface area contributed by atoms with E-state index in [9.17, 15) is 0 Å². The normalized spacial score (nSPS) is 11.4. The highest BCUT2D eigenvalue weighted by Gasteiger charge is 2.11. The molecule has 2 aromatic heterocycles. The summed E-state index contributed by atoms with van der Waals surface area (Å²) < 4.78 is 6.95. The van der Waals surface area contributed by atoms with Crippen molar-refractivity contribution in [1.82, 2.24) is 19.8 Å². The van der Waals surface area contributed by atoms with Crippen LogP contribution in [0.1, 0.15) is 10.6 Å². The molecule has 4 aromatic rings. The molecule has 0 aliphatic carbocycles. The molecule has 24 heavy (non-hydrogen) atoms. The smallest absolute Gasteiger partial charge is 0.235 e. The molecule has 5 nitrogen and oxygen atoms in total. The fourth-order valence-corrected chi connectivity index (χ4v) is 3.09. The van der Waals surface area contributed by atoms with E-state index in [2.05, 4.69) is 15.3 Å². The molecule has 0 radical (unpaired) electrons. The number of benzene rings is 2. The number of nitrogens with zero attached hydrogens (tertiary/aromatic N) is 4.